The molecule has 0 bridgehead atoms. The Morgan fingerprint density at radius 1 is 0.525 bits per heavy atom. The van der Waals surface area contributed by atoms with Crippen molar-refractivity contribution < 1.29 is 76.3 Å². The highest BCUT2D eigenvalue weighted by molar-refractivity contribution is 5.91. The summed E-state index contributed by atoms with van der Waals surface area (Å²) in [6.07, 6.45) is -14.5. The van der Waals surface area contributed by atoms with Crippen LogP contribution in [0.15, 0.2) is 115 Å². The minimum Gasteiger partial charge on any atom is -0.456 e. The van der Waals surface area contributed by atoms with Crippen LogP contribution in [0, 0.1) is 10.1 Å². The van der Waals surface area contributed by atoms with Crippen LogP contribution >= 0.6 is 0 Å². The van der Waals surface area contributed by atoms with E-state index in [1.165, 1.54) is 43.3 Å². The van der Waals surface area contributed by atoms with Gasteiger partial charge in [0.25, 0.3) is 5.69 Å². The SMILES string of the molecule is CC(=O)O[C@H]1[C@@H](OC(C)=O)COC(OC(=O)c2ccc([N+](=O)[O-])cc2)[C@@H]1O[C@@H]1O[C@@H](C)[C@H](OC(=O)c2ccccc2)[C@@H](OC(=O)c2ccccc2)[C@H]1OC(=O)c1ccccc1. The predicted molar refractivity (Wildman–Crippen MR) is 206 cm³/mol. The van der Waals surface area contributed by atoms with E-state index in [1.54, 1.807) is 54.6 Å². The first kappa shape index (κ1) is 43.6. The molecule has 2 saturated heterocycles. The summed E-state index contributed by atoms with van der Waals surface area (Å²) >= 11 is 0. The van der Waals surface area contributed by atoms with Crippen molar-refractivity contribution in [1.82, 2.24) is 0 Å². The van der Waals surface area contributed by atoms with Crippen LogP contribution in [0.25, 0.3) is 0 Å². The van der Waals surface area contributed by atoms with Gasteiger partial charge in [-0.25, -0.2) is 19.2 Å². The monoisotopic (exact) mass is 841 g/mol. The third-order valence-corrected chi connectivity index (χ3v) is 9.32. The number of nitro groups is 1. The van der Waals surface area contributed by atoms with E-state index in [1.807, 2.05) is 0 Å². The quantitative estimate of drug-likeness (QED) is 0.0763. The van der Waals surface area contributed by atoms with Gasteiger partial charge in [0.05, 0.1) is 39.9 Å². The number of benzene rings is 4. The predicted octanol–water partition coefficient (Wildman–Crippen LogP) is 4.78. The molecule has 18 heteroatoms. The Hall–Kier alpha value is -7.02. The average Bonchev–Trinajstić information content (AvgIpc) is 3.25. The van der Waals surface area contributed by atoms with Crippen molar-refractivity contribution in [1.29, 1.82) is 0 Å². The molecule has 4 aromatic carbocycles. The van der Waals surface area contributed by atoms with E-state index in [4.69, 9.17) is 42.6 Å². The van der Waals surface area contributed by atoms with Gasteiger partial charge < -0.3 is 42.6 Å². The molecule has 0 amide bonds. The summed E-state index contributed by atoms with van der Waals surface area (Å²) in [5.41, 5.74) is -0.183. The van der Waals surface area contributed by atoms with Crippen LogP contribution in [-0.4, -0.2) is 103 Å². The first-order valence-electron chi connectivity index (χ1n) is 18.8. The topological polar surface area (TPSA) is 229 Å². The highest BCUT2D eigenvalue weighted by atomic mass is 16.8. The van der Waals surface area contributed by atoms with E-state index in [2.05, 4.69) is 0 Å². The Balaban J connectivity index is 1.42. The van der Waals surface area contributed by atoms with Gasteiger partial charge in [-0.05, 0) is 55.5 Å². The summed E-state index contributed by atoms with van der Waals surface area (Å²) < 4.78 is 53.2. The van der Waals surface area contributed by atoms with Crippen LogP contribution in [0.3, 0.4) is 0 Å². The molecule has 1 unspecified atom stereocenters. The molecule has 61 heavy (non-hydrogen) atoms. The third-order valence-electron chi connectivity index (χ3n) is 9.32. The fourth-order valence-electron chi connectivity index (χ4n) is 6.49. The lowest BCUT2D eigenvalue weighted by atomic mass is 9.97. The first-order valence-corrected chi connectivity index (χ1v) is 18.8. The first-order chi connectivity index (χ1) is 29.3. The van der Waals surface area contributed by atoms with Crippen molar-refractivity contribution in [3.63, 3.8) is 0 Å². The molecule has 18 nitrogen and oxygen atoms in total. The lowest BCUT2D eigenvalue weighted by Gasteiger charge is -2.46. The number of carbonyl (C=O) groups excluding carboxylic acids is 6. The average molecular weight is 842 g/mol. The van der Waals surface area contributed by atoms with Gasteiger partial charge in [-0.3, -0.25) is 19.7 Å². The second kappa shape index (κ2) is 19.8. The largest absolute Gasteiger partial charge is 0.456 e. The number of hydrogen-bond acceptors (Lipinski definition) is 17. The fourth-order valence-corrected chi connectivity index (χ4v) is 6.49. The highest BCUT2D eigenvalue weighted by Gasteiger charge is 2.56. The second-order valence-corrected chi connectivity index (χ2v) is 13.7. The number of hydrogen-bond donors (Lipinski definition) is 0. The molecule has 4 aromatic rings. The van der Waals surface area contributed by atoms with Gasteiger partial charge in [0, 0.05) is 26.0 Å². The van der Waals surface area contributed by atoms with Crippen LogP contribution < -0.4 is 0 Å². The van der Waals surface area contributed by atoms with Crippen molar-refractivity contribution in [3.05, 3.63) is 148 Å². The van der Waals surface area contributed by atoms with E-state index in [0.717, 1.165) is 38.1 Å². The van der Waals surface area contributed by atoms with Crippen molar-refractivity contribution in [2.24, 2.45) is 0 Å². The van der Waals surface area contributed by atoms with Gasteiger partial charge in [-0.2, -0.15) is 0 Å². The molecule has 0 saturated carbocycles. The zero-order valence-corrected chi connectivity index (χ0v) is 32.8. The zero-order valence-electron chi connectivity index (χ0n) is 32.8. The molecule has 0 aromatic heterocycles. The summed E-state index contributed by atoms with van der Waals surface area (Å²) in [5, 5.41) is 11.2. The van der Waals surface area contributed by atoms with E-state index >= 15 is 0 Å². The van der Waals surface area contributed by atoms with Crippen LogP contribution in [0.5, 0.6) is 0 Å². The molecule has 6 rings (SSSR count). The standard InChI is InChI=1S/C43H39NO17/c1-24-33(57-38(47)27-13-7-4-8-14-27)35(58-39(48)28-15-9-5-10-16-28)37(59-40(49)29-17-11-6-12-18-29)43(54-24)60-36-34(56-26(3)46)32(55-25(2)45)23-53-42(36)61-41(50)30-19-21-31(22-20-30)44(51)52/h4-22,24,32-37,42-43H,23H2,1-3H3/t24-,32-,33-,34-,35+,36+,37+,42?,43-/m0/s1. The van der Waals surface area contributed by atoms with E-state index in [-0.39, 0.29) is 27.9 Å². The Kier molecular flexibility index (Phi) is 14.2. The zero-order chi connectivity index (χ0) is 43.6. The summed E-state index contributed by atoms with van der Waals surface area (Å²) in [7, 11) is 0. The Bertz CT molecular complexity index is 2200. The van der Waals surface area contributed by atoms with E-state index < -0.39 is 103 Å². The number of rotatable bonds is 13. The molecule has 2 fully saturated rings. The maximum atomic E-state index is 13.9. The third kappa shape index (κ3) is 11.0. The van der Waals surface area contributed by atoms with Crippen molar-refractivity contribution >= 4 is 41.5 Å². The second-order valence-electron chi connectivity index (χ2n) is 13.7. The fraction of sp³-hybridized carbons (Fsp3) is 0.302. The van der Waals surface area contributed by atoms with Crippen molar-refractivity contribution in [2.75, 3.05) is 6.61 Å². The minimum atomic E-state index is -1.83. The van der Waals surface area contributed by atoms with Gasteiger partial charge in [0.15, 0.2) is 42.9 Å². The molecule has 0 spiro atoms. The number of nitro benzene ring substituents is 1. The van der Waals surface area contributed by atoms with E-state index in [9.17, 15) is 38.9 Å². The number of esters is 6. The summed E-state index contributed by atoms with van der Waals surface area (Å²) in [5.74, 6) is -5.46. The van der Waals surface area contributed by atoms with Crippen molar-refractivity contribution in [3.8, 4) is 0 Å². The number of ether oxygens (including phenoxy) is 9. The molecule has 9 atom stereocenters. The maximum absolute atomic E-state index is 13.9. The molecule has 2 heterocycles. The summed E-state index contributed by atoms with van der Waals surface area (Å²) in [6, 6.07) is 27.8. The molecular weight excluding hydrogens is 802 g/mol. The number of carbonyl (C=O) groups is 6. The van der Waals surface area contributed by atoms with Gasteiger partial charge in [-0.1, -0.05) is 54.6 Å². The smallest absolute Gasteiger partial charge is 0.340 e. The maximum Gasteiger partial charge on any atom is 0.340 e. The molecule has 2 aliphatic rings. The summed E-state index contributed by atoms with van der Waals surface area (Å²) in [4.78, 5) is 90.1. The molecule has 318 valence electrons. The van der Waals surface area contributed by atoms with E-state index in [0.29, 0.717) is 0 Å². The highest BCUT2D eigenvalue weighted by Crippen LogP contribution is 2.35. The molecule has 0 radical (unpaired) electrons. The van der Waals surface area contributed by atoms with Crippen molar-refractivity contribution in [2.45, 2.75) is 76.1 Å². The van der Waals surface area contributed by atoms with Crippen LogP contribution in [-0.2, 0) is 52.2 Å². The number of non-ortho nitro benzene ring substituents is 1. The van der Waals surface area contributed by atoms with Crippen LogP contribution in [0.4, 0.5) is 5.69 Å². The lowest BCUT2D eigenvalue weighted by molar-refractivity contribution is -0.384. The summed E-state index contributed by atoms with van der Waals surface area (Å²) in [6.45, 7) is 3.13. The molecular formula is C43H39NO17. The Morgan fingerprint density at radius 3 is 1.44 bits per heavy atom. The van der Waals surface area contributed by atoms with Gasteiger partial charge >= 0.3 is 35.8 Å². The normalized spacial score (nSPS) is 24.5. The van der Waals surface area contributed by atoms with Gasteiger partial charge in [0.1, 0.15) is 0 Å². The molecule has 0 N–H and O–H groups in total. The molecule has 2 aliphatic heterocycles. The minimum absolute atomic E-state index is 0.0504. The lowest BCUT2D eigenvalue weighted by Crippen LogP contribution is -2.65. The van der Waals surface area contributed by atoms with Crippen LogP contribution in [0.1, 0.15) is 62.2 Å². The van der Waals surface area contributed by atoms with Gasteiger partial charge in [0.2, 0.25) is 6.29 Å². The Labute approximate surface area is 347 Å². The van der Waals surface area contributed by atoms with Gasteiger partial charge in [-0.15, -0.1) is 0 Å². The molecule has 0 aliphatic carbocycles. The number of nitrogens with zero attached hydrogens (tertiary/aromatic N) is 1. The van der Waals surface area contributed by atoms with Crippen LogP contribution in [0.2, 0.25) is 0 Å². The Morgan fingerprint density at radius 2 is 0.967 bits per heavy atom.